The molecule has 3 nitrogen and oxygen atoms in total. The van der Waals surface area contributed by atoms with Crippen molar-refractivity contribution < 1.29 is 9.18 Å². The second kappa shape index (κ2) is 4.85. The largest absolute Gasteiger partial charge is 0.318 e. The topological polar surface area (TPSA) is 32.3 Å². The van der Waals surface area contributed by atoms with Crippen LogP contribution in [0.4, 0.5) is 4.39 Å². The number of nitrogens with one attached hydrogen (secondary N) is 1. The Morgan fingerprint density at radius 2 is 1.90 bits per heavy atom. The Morgan fingerprint density at radius 1 is 1.30 bits per heavy atom. The number of rotatable bonds is 3. The summed E-state index contributed by atoms with van der Waals surface area (Å²) >= 11 is 0. The molecule has 1 aliphatic heterocycles. The molecule has 0 aromatic heterocycles. The van der Waals surface area contributed by atoms with E-state index in [1.807, 2.05) is 4.90 Å². The minimum Gasteiger partial charge on any atom is -0.318 e. The maximum absolute atomic E-state index is 13.1. The SMILES string of the molecule is CC(C)C1NC(c2ccc(F)cc2)N(C2CC2C)C1=O. The van der Waals surface area contributed by atoms with Gasteiger partial charge in [-0.25, -0.2) is 4.39 Å². The third-order valence-corrected chi connectivity index (χ3v) is 4.41. The van der Waals surface area contributed by atoms with Gasteiger partial charge in [0.15, 0.2) is 0 Å². The van der Waals surface area contributed by atoms with Crippen molar-refractivity contribution >= 4 is 5.91 Å². The molecule has 1 saturated carbocycles. The Bertz CT molecular complexity index is 514. The smallest absolute Gasteiger partial charge is 0.241 e. The first-order valence-electron chi connectivity index (χ1n) is 7.32. The number of amides is 1. The summed E-state index contributed by atoms with van der Waals surface area (Å²) in [7, 11) is 0. The van der Waals surface area contributed by atoms with Crippen LogP contribution in [-0.4, -0.2) is 22.9 Å². The molecule has 1 heterocycles. The Morgan fingerprint density at radius 3 is 2.40 bits per heavy atom. The summed E-state index contributed by atoms with van der Waals surface area (Å²) in [5.74, 6) is 0.757. The first-order chi connectivity index (χ1) is 9.49. The summed E-state index contributed by atoms with van der Waals surface area (Å²) in [6.45, 7) is 6.27. The lowest BCUT2D eigenvalue weighted by Crippen LogP contribution is -2.35. The molecule has 4 unspecified atom stereocenters. The summed E-state index contributed by atoms with van der Waals surface area (Å²) in [5.41, 5.74) is 0.960. The van der Waals surface area contributed by atoms with Crippen molar-refractivity contribution in [3.8, 4) is 0 Å². The number of nitrogens with zero attached hydrogens (tertiary/aromatic N) is 1. The summed E-state index contributed by atoms with van der Waals surface area (Å²) in [5, 5.41) is 3.42. The molecule has 1 N–H and O–H groups in total. The molecule has 20 heavy (non-hydrogen) atoms. The van der Waals surface area contributed by atoms with E-state index in [2.05, 4.69) is 26.1 Å². The van der Waals surface area contributed by atoms with Crippen LogP contribution in [-0.2, 0) is 4.79 Å². The van der Waals surface area contributed by atoms with Crippen LogP contribution in [0, 0.1) is 17.7 Å². The van der Waals surface area contributed by atoms with E-state index >= 15 is 0 Å². The highest BCUT2D eigenvalue weighted by atomic mass is 19.1. The van der Waals surface area contributed by atoms with Gasteiger partial charge >= 0.3 is 0 Å². The fraction of sp³-hybridized carbons (Fsp3) is 0.562. The lowest BCUT2D eigenvalue weighted by Gasteiger charge is -2.24. The standard InChI is InChI=1S/C16H21FN2O/c1-9(2)14-16(20)19(13-8-10(13)3)15(18-14)11-4-6-12(17)7-5-11/h4-7,9-10,13-15,18H,8H2,1-3H3. The summed E-state index contributed by atoms with van der Waals surface area (Å²) in [6, 6.07) is 6.63. The van der Waals surface area contributed by atoms with Gasteiger partial charge in [-0.05, 0) is 36.0 Å². The molecule has 1 aliphatic carbocycles. The van der Waals surface area contributed by atoms with Crippen LogP contribution >= 0.6 is 0 Å². The van der Waals surface area contributed by atoms with Gasteiger partial charge in [0, 0.05) is 6.04 Å². The van der Waals surface area contributed by atoms with E-state index < -0.39 is 0 Å². The van der Waals surface area contributed by atoms with E-state index in [4.69, 9.17) is 0 Å². The van der Waals surface area contributed by atoms with Crippen molar-refractivity contribution in [2.45, 2.75) is 45.4 Å². The van der Waals surface area contributed by atoms with Crippen LogP contribution in [0.15, 0.2) is 24.3 Å². The maximum Gasteiger partial charge on any atom is 0.241 e. The molecule has 4 atom stereocenters. The molecular weight excluding hydrogens is 255 g/mol. The fourth-order valence-electron chi connectivity index (χ4n) is 3.03. The third kappa shape index (κ3) is 2.22. The molecular formula is C16H21FN2O. The lowest BCUT2D eigenvalue weighted by molar-refractivity contribution is -0.131. The minimum atomic E-state index is -0.246. The number of benzene rings is 1. The van der Waals surface area contributed by atoms with E-state index in [0.29, 0.717) is 12.0 Å². The Kier molecular flexibility index (Phi) is 3.28. The molecule has 2 fully saturated rings. The van der Waals surface area contributed by atoms with E-state index in [-0.39, 0.29) is 29.8 Å². The summed E-state index contributed by atoms with van der Waals surface area (Å²) in [6.07, 6.45) is 0.945. The average molecular weight is 276 g/mol. The van der Waals surface area contributed by atoms with Crippen LogP contribution in [0.1, 0.15) is 38.9 Å². The van der Waals surface area contributed by atoms with Crippen LogP contribution in [0.3, 0.4) is 0 Å². The molecule has 108 valence electrons. The Hall–Kier alpha value is -1.42. The molecule has 0 radical (unpaired) electrons. The molecule has 0 spiro atoms. The van der Waals surface area contributed by atoms with Gasteiger partial charge < -0.3 is 4.90 Å². The van der Waals surface area contributed by atoms with Gasteiger partial charge in [0.25, 0.3) is 0 Å². The Labute approximate surface area is 119 Å². The lowest BCUT2D eigenvalue weighted by atomic mass is 10.1. The van der Waals surface area contributed by atoms with Crippen molar-refractivity contribution in [3.05, 3.63) is 35.6 Å². The van der Waals surface area contributed by atoms with Gasteiger partial charge in [-0.3, -0.25) is 10.1 Å². The normalized spacial score (nSPS) is 33.0. The summed E-state index contributed by atoms with van der Waals surface area (Å²) in [4.78, 5) is 14.6. The highest BCUT2D eigenvalue weighted by molar-refractivity contribution is 5.85. The highest BCUT2D eigenvalue weighted by Gasteiger charge is 2.50. The highest BCUT2D eigenvalue weighted by Crippen LogP contribution is 2.42. The predicted molar refractivity (Wildman–Crippen MR) is 75.3 cm³/mol. The molecule has 0 bridgehead atoms. The van der Waals surface area contributed by atoms with Crippen LogP contribution in [0.5, 0.6) is 0 Å². The molecule has 4 heteroatoms. The second-order valence-electron chi connectivity index (χ2n) is 6.37. The van der Waals surface area contributed by atoms with Gasteiger partial charge in [0.05, 0.1) is 6.04 Å². The van der Waals surface area contributed by atoms with Gasteiger partial charge in [0.1, 0.15) is 12.0 Å². The quantitative estimate of drug-likeness (QED) is 0.920. The van der Waals surface area contributed by atoms with E-state index in [1.54, 1.807) is 12.1 Å². The minimum absolute atomic E-state index is 0.120. The molecule has 1 aromatic carbocycles. The van der Waals surface area contributed by atoms with Gasteiger partial charge in [-0.2, -0.15) is 0 Å². The first-order valence-corrected chi connectivity index (χ1v) is 7.32. The maximum atomic E-state index is 13.1. The number of halogens is 1. The zero-order valence-electron chi connectivity index (χ0n) is 12.1. The van der Waals surface area contributed by atoms with E-state index in [9.17, 15) is 9.18 Å². The van der Waals surface area contributed by atoms with Crippen molar-refractivity contribution in [2.24, 2.45) is 11.8 Å². The van der Waals surface area contributed by atoms with E-state index in [0.717, 1.165) is 12.0 Å². The zero-order chi connectivity index (χ0) is 14.4. The van der Waals surface area contributed by atoms with E-state index in [1.165, 1.54) is 12.1 Å². The Balaban J connectivity index is 1.91. The van der Waals surface area contributed by atoms with Crippen molar-refractivity contribution in [2.75, 3.05) is 0 Å². The van der Waals surface area contributed by atoms with Crippen molar-refractivity contribution in [3.63, 3.8) is 0 Å². The van der Waals surface area contributed by atoms with Gasteiger partial charge in [-0.15, -0.1) is 0 Å². The predicted octanol–water partition coefficient (Wildman–Crippen LogP) is 2.69. The number of hydrogen-bond donors (Lipinski definition) is 1. The van der Waals surface area contributed by atoms with Crippen LogP contribution in [0.2, 0.25) is 0 Å². The molecule has 1 saturated heterocycles. The van der Waals surface area contributed by atoms with Crippen molar-refractivity contribution in [1.29, 1.82) is 0 Å². The third-order valence-electron chi connectivity index (χ3n) is 4.41. The average Bonchev–Trinajstić information content (AvgIpc) is 3.00. The van der Waals surface area contributed by atoms with Gasteiger partial charge in [-0.1, -0.05) is 32.9 Å². The summed E-state index contributed by atoms with van der Waals surface area (Å²) < 4.78 is 13.1. The molecule has 1 aromatic rings. The number of carbonyl (C=O) groups excluding carboxylic acids is 1. The van der Waals surface area contributed by atoms with Crippen LogP contribution < -0.4 is 5.32 Å². The molecule has 3 rings (SSSR count). The molecule has 2 aliphatic rings. The fourth-order valence-corrected chi connectivity index (χ4v) is 3.03. The van der Waals surface area contributed by atoms with Gasteiger partial charge in [0.2, 0.25) is 5.91 Å². The zero-order valence-corrected chi connectivity index (χ0v) is 12.1. The molecule has 1 amide bonds. The van der Waals surface area contributed by atoms with Crippen LogP contribution in [0.25, 0.3) is 0 Å². The van der Waals surface area contributed by atoms with Crippen molar-refractivity contribution in [1.82, 2.24) is 10.2 Å². The monoisotopic (exact) mass is 276 g/mol. The second-order valence-corrected chi connectivity index (χ2v) is 6.37. The first kappa shape index (κ1) is 13.6. The number of hydrogen-bond acceptors (Lipinski definition) is 2. The number of carbonyl (C=O) groups is 1.